The zero-order valence-electron chi connectivity index (χ0n) is 15.7. The molecule has 0 bridgehead atoms. The third-order valence-corrected chi connectivity index (χ3v) is 4.48. The molecule has 1 N–H and O–H groups in total. The molecule has 3 aromatic carbocycles. The van der Waals surface area contributed by atoms with Crippen LogP contribution in [0.25, 0.3) is 11.6 Å². The Morgan fingerprint density at radius 3 is 1.65 bits per heavy atom. The molecule has 1 heteroatoms. The van der Waals surface area contributed by atoms with Crippen LogP contribution in [-0.2, 0) is 0 Å². The van der Waals surface area contributed by atoms with Gasteiger partial charge in [0.1, 0.15) is 0 Å². The van der Waals surface area contributed by atoms with Crippen LogP contribution in [-0.4, -0.2) is 7.05 Å². The van der Waals surface area contributed by atoms with Crippen LogP contribution < -0.4 is 5.32 Å². The van der Waals surface area contributed by atoms with Crippen molar-refractivity contribution in [2.75, 3.05) is 12.4 Å². The molecule has 0 aliphatic carbocycles. The van der Waals surface area contributed by atoms with Crippen LogP contribution in [0.1, 0.15) is 27.8 Å². The molecule has 0 aliphatic heterocycles. The summed E-state index contributed by atoms with van der Waals surface area (Å²) in [5, 5.41) is 3.14. The molecule has 0 amide bonds. The van der Waals surface area contributed by atoms with E-state index in [9.17, 15) is 0 Å². The molecule has 0 radical (unpaired) electrons. The van der Waals surface area contributed by atoms with E-state index < -0.39 is 0 Å². The molecule has 130 valence electrons. The van der Waals surface area contributed by atoms with Gasteiger partial charge in [-0.2, -0.15) is 0 Å². The molecule has 1 nitrogen and oxygen atoms in total. The molecule has 0 atom stereocenters. The maximum absolute atomic E-state index is 3.14. The van der Waals surface area contributed by atoms with E-state index in [-0.39, 0.29) is 0 Å². The van der Waals surface area contributed by atoms with E-state index in [4.69, 9.17) is 0 Å². The number of aryl methyl sites for hydroxylation is 2. The summed E-state index contributed by atoms with van der Waals surface area (Å²) < 4.78 is 0. The first-order valence-corrected chi connectivity index (χ1v) is 8.96. The van der Waals surface area contributed by atoms with Crippen molar-refractivity contribution < 1.29 is 0 Å². The molecule has 0 saturated carbocycles. The minimum Gasteiger partial charge on any atom is -0.388 e. The lowest BCUT2D eigenvalue weighted by atomic mass is 9.96. The van der Waals surface area contributed by atoms with E-state index in [0.717, 1.165) is 5.69 Å². The summed E-state index contributed by atoms with van der Waals surface area (Å²) in [5.41, 5.74) is 8.55. The van der Waals surface area contributed by atoms with E-state index >= 15 is 0 Å². The summed E-state index contributed by atoms with van der Waals surface area (Å²) in [5.74, 6) is 0. The third kappa shape index (κ3) is 4.52. The highest BCUT2D eigenvalue weighted by Crippen LogP contribution is 2.24. The fraction of sp³-hybridized carbons (Fsp3) is 0.120. The van der Waals surface area contributed by atoms with Crippen molar-refractivity contribution in [1.82, 2.24) is 0 Å². The lowest BCUT2D eigenvalue weighted by molar-refractivity contribution is 1.43. The lowest BCUT2D eigenvalue weighted by Gasteiger charge is -2.09. The molecule has 0 fully saturated rings. The Hall–Kier alpha value is -3.06. The molecule has 3 rings (SSSR count). The first-order valence-electron chi connectivity index (χ1n) is 8.96. The largest absolute Gasteiger partial charge is 0.388 e. The van der Waals surface area contributed by atoms with E-state index in [0.29, 0.717) is 0 Å². The Morgan fingerprint density at radius 1 is 0.692 bits per heavy atom. The van der Waals surface area contributed by atoms with Gasteiger partial charge in [0.05, 0.1) is 0 Å². The average molecular weight is 339 g/mol. The minimum atomic E-state index is 1.12. The average Bonchev–Trinajstić information content (AvgIpc) is 2.68. The molecule has 0 heterocycles. The van der Waals surface area contributed by atoms with Gasteiger partial charge in [0, 0.05) is 12.7 Å². The normalized spacial score (nSPS) is 10.7. The number of anilines is 1. The molecular formula is C25H25N. The molecule has 0 saturated heterocycles. The highest BCUT2D eigenvalue weighted by molar-refractivity contribution is 5.81. The van der Waals surface area contributed by atoms with Crippen LogP contribution >= 0.6 is 0 Å². The maximum Gasteiger partial charge on any atom is 0.0337 e. The van der Waals surface area contributed by atoms with Gasteiger partial charge in [-0.3, -0.25) is 0 Å². The number of hydrogen-bond acceptors (Lipinski definition) is 1. The molecule has 3 aromatic rings. The molecule has 0 aromatic heterocycles. The highest BCUT2D eigenvalue weighted by atomic mass is 14.8. The Kier molecular flexibility index (Phi) is 5.70. The van der Waals surface area contributed by atoms with E-state index in [2.05, 4.69) is 110 Å². The minimum absolute atomic E-state index is 1.12. The summed E-state index contributed by atoms with van der Waals surface area (Å²) in [4.78, 5) is 0. The van der Waals surface area contributed by atoms with Crippen molar-refractivity contribution in [1.29, 1.82) is 0 Å². The van der Waals surface area contributed by atoms with E-state index in [1.54, 1.807) is 0 Å². The Balaban J connectivity index is 1.93. The van der Waals surface area contributed by atoms with Crippen molar-refractivity contribution in [2.24, 2.45) is 0 Å². The quantitative estimate of drug-likeness (QED) is 0.524. The van der Waals surface area contributed by atoms with Gasteiger partial charge in [0.2, 0.25) is 0 Å². The number of rotatable bonds is 5. The summed E-state index contributed by atoms with van der Waals surface area (Å²) in [6.45, 7) is 4.24. The smallest absolute Gasteiger partial charge is 0.0337 e. The van der Waals surface area contributed by atoms with Crippen molar-refractivity contribution in [2.45, 2.75) is 13.8 Å². The number of nitrogens with one attached hydrogen (secondary N) is 1. The second-order valence-corrected chi connectivity index (χ2v) is 6.54. The first kappa shape index (κ1) is 17.8. The van der Waals surface area contributed by atoms with Gasteiger partial charge in [-0.25, -0.2) is 0 Å². The van der Waals surface area contributed by atoms with Crippen molar-refractivity contribution in [3.63, 3.8) is 0 Å². The van der Waals surface area contributed by atoms with E-state index in [1.165, 1.54) is 33.4 Å². The van der Waals surface area contributed by atoms with Crippen LogP contribution in [0, 0.1) is 13.8 Å². The fourth-order valence-corrected chi connectivity index (χ4v) is 2.84. The van der Waals surface area contributed by atoms with Crippen LogP contribution in [0.3, 0.4) is 0 Å². The van der Waals surface area contributed by atoms with Crippen molar-refractivity contribution in [3.05, 3.63) is 113 Å². The van der Waals surface area contributed by atoms with E-state index in [1.807, 2.05) is 7.05 Å². The van der Waals surface area contributed by atoms with Crippen LogP contribution in [0.5, 0.6) is 0 Å². The number of benzene rings is 3. The summed E-state index contributed by atoms with van der Waals surface area (Å²) >= 11 is 0. The van der Waals surface area contributed by atoms with Crippen molar-refractivity contribution in [3.8, 4) is 0 Å². The van der Waals surface area contributed by atoms with Gasteiger partial charge in [-0.15, -0.1) is 0 Å². The summed E-state index contributed by atoms with van der Waals surface area (Å²) in [6, 6.07) is 25.8. The van der Waals surface area contributed by atoms with Gasteiger partial charge in [0.15, 0.2) is 0 Å². The fourth-order valence-electron chi connectivity index (χ4n) is 2.84. The van der Waals surface area contributed by atoms with Crippen LogP contribution in [0.2, 0.25) is 0 Å². The predicted octanol–water partition coefficient (Wildman–Crippen LogP) is 6.49. The Labute approximate surface area is 156 Å². The van der Waals surface area contributed by atoms with Gasteiger partial charge in [0.25, 0.3) is 0 Å². The predicted molar refractivity (Wildman–Crippen MR) is 114 cm³/mol. The van der Waals surface area contributed by atoms with Crippen LogP contribution in [0.15, 0.2) is 84.9 Å². The van der Waals surface area contributed by atoms with Gasteiger partial charge < -0.3 is 5.32 Å². The van der Waals surface area contributed by atoms with Gasteiger partial charge in [-0.1, -0.05) is 90.0 Å². The zero-order valence-corrected chi connectivity index (χ0v) is 15.7. The maximum atomic E-state index is 3.14. The number of allylic oxidation sites excluding steroid dienone is 2. The molecule has 26 heavy (non-hydrogen) atoms. The molecule has 0 unspecified atom stereocenters. The lowest BCUT2D eigenvalue weighted by Crippen LogP contribution is -1.88. The summed E-state index contributed by atoms with van der Waals surface area (Å²) in [6.07, 6.45) is 6.46. The number of hydrogen-bond donors (Lipinski definition) is 1. The topological polar surface area (TPSA) is 12.0 Å². The molecule has 0 aliphatic rings. The third-order valence-electron chi connectivity index (χ3n) is 4.48. The zero-order chi connectivity index (χ0) is 18.4. The van der Waals surface area contributed by atoms with Gasteiger partial charge >= 0.3 is 0 Å². The summed E-state index contributed by atoms with van der Waals surface area (Å²) in [7, 11) is 1.93. The second-order valence-electron chi connectivity index (χ2n) is 6.54. The standard InChI is InChI=1S/C25H25N/c1-19-7-13-22(14-8-19)25(23-15-9-20(2)10-16-23)6-4-5-21-11-17-24(26-3)18-12-21/h4-18,26H,1-3H3/b5-4+. The SMILES string of the molecule is CNc1ccc(/C=C/C=C(c2ccc(C)cc2)c2ccc(C)cc2)cc1. The van der Waals surface area contributed by atoms with Gasteiger partial charge in [-0.05, 0) is 48.2 Å². The van der Waals surface area contributed by atoms with Crippen LogP contribution in [0.4, 0.5) is 5.69 Å². The Morgan fingerprint density at radius 2 is 1.19 bits per heavy atom. The van der Waals surface area contributed by atoms with Crippen molar-refractivity contribution >= 4 is 17.3 Å². The first-order chi connectivity index (χ1) is 12.7. The highest BCUT2D eigenvalue weighted by Gasteiger charge is 2.04. The monoisotopic (exact) mass is 339 g/mol. The molecule has 0 spiro atoms. The molecular weight excluding hydrogens is 314 g/mol. The second kappa shape index (κ2) is 8.35. The Bertz CT molecular complexity index is 848.